The average Bonchev–Trinajstić information content (AvgIpc) is 2.47. The fraction of sp³-hybridized carbons (Fsp3) is 0.667. The minimum atomic E-state index is -0.138. The first-order valence-electron chi connectivity index (χ1n) is 4.34. The first kappa shape index (κ1) is 7.80. The number of ether oxygens (including phenoxy) is 2. The predicted octanol–water partition coefficient (Wildman–Crippen LogP) is 1.04. The normalized spacial score (nSPS) is 23.2. The number of esters is 1. The van der Waals surface area contributed by atoms with E-state index in [0.29, 0.717) is 13.2 Å². The van der Waals surface area contributed by atoms with Gasteiger partial charge in [-0.15, -0.1) is 0 Å². The molecule has 3 nitrogen and oxygen atoms in total. The van der Waals surface area contributed by atoms with E-state index < -0.39 is 0 Å². The van der Waals surface area contributed by atoms with Crippen LogP contribution in [0.15, 0.2) is 11.6 Å². The molecule has 66 valence electrons. The molecule has 0 unspecified atom stereocenters. The van der Waals surface area contributed by atoms with Gasteiger partial charge in [-0.2, -0.15) is 0 Å². The van der Waals surface area contributed by atoms with Crippen molar-refractivity contribution in [1.29, 1.82) is 0 Å². The lowest BCUT2D eigenvalue weighted by molar-refractivity contribution is -0.167. The van der Waals surface area contributed by atoms with Gasteiger partial charge in [0.25, 0.3) is 0 Å². The van der Waals surface area contributed by atoms with Gasteiger partial charge < -0.3 is 9.47 Å². The molecule has 2 rings (SSSR count). The van der Waals surface area contributed by atoms with E-state index in [-0.39, 0.29) is 12.1 Å². The summed E-state index contributed by atoms with van der Waals surface area (Å²) in [7, 11) is 0. The van der Waals surface area contributed by atoms with Gasteiger partial charge in [-0.25, -0.2) is 4.79 Å². The van der Waals surface area contributed by atoms with Gasteiger partial charge in [0.2, 0.25) is 0 Å². The molecule has 0 amide bonds. The molecule has 0 atom stereocenters. The summed E-state index contributed by atoms with van der Waals surface area (Å²) in [5.74, 6) is -0.138. The lowest BCUT2D eigenvalue weighted by Gasteiger charge is -2.25. The maximum absolute atomic E-state index is 11.3. The van der Waals surface area contributed by atoms with Crippen LogP contribution >= 0.6 is 0 Å². The van der Waals surface area contributed by atoms with Crippen LogP contribution in [-0.4, -0.2) is 25.3 Å². The number of hydrogen-bond donors (Lipinski definition) is 0. The molecule has 3 heteroatoms. The highest BCUT2D eigenvalue weighted by Crippen LogP contribution is 2.20. The molecule has 1 heterocycles. The van der Waals surface area contributed by atoms with E-state index in [4.69, 9.17) is 9.47 Å². The molecule has 0 N–H and O–H groups in total. The molecule has 1 saturated heterocycles. The number of hydrogen-bond acceptors (Lipinski definition) is 3. The van der Waals surface area contributed by atoms with Gasteiger partial charge in [0.1, 0.15) is 6.10 Å². The van der Waals surface area contributed by atoms with Crippen LogP contribution in [-0.2, 0) is 14.3 Å². The zero-order valence-electron chi connectivity index (χ0n) is 6.91. The Morgan fingerprint density at radius 1 is 1.58 bits per heavy atom. The van der Waals surface area contributed by atoms with Crippen molar-refractivity contribution < 1.29 is 14.3 Å². The first-order chi connectivity index (χ1) is 5.86. The van der Waals surface area contributed by atoms with E-state index >= 15 is 0 Å². The molecule has 2 aliphatic rings. The average molecular weight is 168 g/mol. The Morgan fingerprint density at radius 3 is 2.92 bits per heavy atom. The summed E-state index contributed by atoms with van der Waals surface area (Å²) >= 11 is 0. The zero-order valence-corrected chi connectivity index (χ0v) is 6.91. The van der Waals surface area contributed by atoms with Gasteiger partial charge in [-0.3, -0.25) is 0 Å². The third-order valence-corrected chi connectivity index (χ3v) is 2.18. The minimum absolute atomic E-state index is 0.0130. The largest absolute Gasteiger partial charge is 0.454 e. The van der Waals surface area contributed by atoms with Gasteiger partial charge in [0.05, 0.1) is 13.2 Å². The number of allylic oxidation sites excluding steroid dienone is 1. The lowest BCUT2D eigenvalue weighted by Crippen LogP contribution is -2.38. The Balaban J connectivity index is 1.82. The molecule has 0 bridgehead atoms. The molecule has 0 aromatic carbocycles. The van der Waals surface area contributed by atoms with Crippen molar-refractivity contribution in [3.05, 3.63) is 11.6 Å². The summed E-state index contributed by atoms with van der Waals surface area (Å²) in [5.41, 5.74) is 0.849. The smallest absolute Gasteiger partial charge is 0.334 e. The van der Waals surface area contributed by atoms with Crippen LogP contribution in [0.25, 0.3) is 0 Å². The van der Waals surface area contributed by atoms with Crippen molar-refractivity contribution in [3.8, 4) is 0 Å². The van der Waals surface area contributed by atoms with Gasteiger partial charge >= 0.3 is 5.97 Å². The number of carbonyl (C=O) groups excluding carboxylic acids is 1. The summed E-state index contributed by atoms with van der Waals surface area (Å²) in [5, 5.41) is 0. The molecular formula is C9H12O3. The molecule has 12 heavy (non-hydrogen) atoms. The van der Waals surface area contributed by atoms with Crippen molar-refractivity contribution in [2.24, 2.45) is 0 Å². The molecule has 1 aliphatic carbocycles. The fourth-order valence-electron chi connectivity index (χ4n) is 1.37. The topological polar surface area (TPSA) is 35.5 Å². The van der Waals surface area contributed by atoms with Crippen LogP contribution < -0.4 is 0 Å². The van der Waals surface area contributed by atoms with Crippen LogP contribution in [0.3, 0.4) is 0 Å². The molecule has 0 saturated carbocycles. The Morgan fingerprint density at radius 2 is 2.42 bits per heavy atom. The molecule has 0 aromatic rings. The molecule has 0 radical (unpaired) electrons. The van der Waals surface area contributed by atoms with Crippen LogP contribution in [0.2, 0.25) is 0 Å². The standard InChI is InChI=1S/C9H12O3/c10-9(7-3-1-2-4-7)12-8-5-11-6-8/h3,8H,1-2,4-6H2. The van der Waals surface area contributed by atoms with Gasteiger partial charge in [-0.1, -0.05) is 6.08 Å². The van der Waals surface area contributed by atoms with E-state index in [1.165, 1.54) is 0 Å². The van der Waals surface area contributed by atoms with Crippen molar-refractivity contribution in [3.63, 3.8) is 0 Å². The quantitative estimate of drug-likeness (QED) is 0.578. The maximum Gasteiger partial charge on any atom is 0.334 e. The summed E-state index contributed by atoms with van der Waals surface area (Å²) < 4.78 is 10.0. The minimum Gasteiger partial charge on any atom is -0.454 e. The summed E-state index contributed by atoms with van der Waals surface area (Å²) in [6.45, 7) is 1.14. The van der Waals surface area contributed by atoms with E-state index in [1.54, 1.807) is 0 Å². The van der Waals surface area contributed by atoms with Gasteiger partial charge in [0.15, 0.2) is 0 Å². The van der Waals surface area contributed by atoms with Crippen molar-refractivity contribution in [2.75, 3.05) is 13.2 Å². The second kappa shape index (κ2) is 3.27. The molecule has 0 spiro atoms. The zero-order chi connectivity index (χ0) is 8.39. The Labute approximate surface area is 71.3 Å². The van der Waals surface area contributed by atoms with E-state index in [0.717, 1.165) is 24.8 Å². The maximum atomic E-state index is 11.3. The summed E-state index contributed by atoms with van der Waals surface area (Å²) in [4.78, 5) is 11.3. The summed E-state index contributed by atoms with van der Waals surface area (Å²) in [6.07, 6.45) is 4.98. The van der Waals surface area contributed by atoms with E-state index in [2.05, 4.69) is 0 Å². The van der Waals surface area contributed by atoms with Crippen LogP contribution in [0.5, 0.6) is 0 Å². The molecule has 1 aliphatic heterocycles. The van der Waals surface area contributed by atoms with Crippen molar-refractivity contribution in [1.82, 2.24) is 0 Å². The molecule has 0 aromatic heterocycles. The van der Waals surface area contributed by atoms with Gasteiger partial charge in [-0.05, 0) is 19.3 Å². The highest BCUT2D eigenvalue weighted by atomic mass is 16.6. The lowest BCUT2D eigenvalue weighted by atomic mass is 10.2. The van der Waals surface area contributed by atoms with Crippen LogP contribution in [0.1, 0.15) is 19.3 Å². The van der Waals surface area contributed by atoms with E-state index in [1.807, 2.05) is 6.08 Å². The van der Waals surface area contributed by atoms with E-state index in [9.17, 15) is 4.79 Å². The SMILES string of the molecule is O=C(OC1COC1)C1=CCCC1. The first-order valence-corrected chi connectivity index (χ1v) is 4.34. The Kier molecular flexibility index (Phi) is 2.13. The monoisotopic (exact) mass is 168 g/mol. The molecule has 1 fully saturated rings. The van der Waals surface area contributed by atoms with Crippen molar-refractivity contribution in [2.45, 2.75) is 25.4 Å². The second-order valence-corrected chi connectivity index (χ2v) is 3.19. The highest BCUT2D eigenvalue weighted by Gasteiger charge is 2.24. The van der Waals surface area contributed by atoms with Crippen molar-refractivity contribution >= 4 is 5.97 Å². The second-order valence-electron chi connectivity index (χ2n) is 3.19. The van der Waals surface area contributed by atoms with Crippen LogP contribution in [0.4, 0.5) is 0 Å². The fourth-order valence-corrected chi connectivity index (χ4v) is 1.37. The van der Waals surface area contributed by atoms with Gasteiger partial charge in [0, 0.05) is 5.57 Å². The summed E-state index contributed by atoms with van der Waals surface area (Å²) in [6, 6.07) is 0. The predicted molar refractivity (Wildman–Crippen MR) is 42.6 cm³/mol. The Hall–Kier alpha value is -0.830. The Bertz CT molecular complexity index is 216. The van der Waals surface area contributed by atoms with Crippen LogP contribution in [0, 0.1) is 0 Å². The third-order valence-electron chi connectivity index (χ3n) is 2.18. The highest BCUT2D eigenvalue weighted by molar-refractivity contribution is 5.89. The number of rotatable bonds is 2. The number of carbonyl (C=O) groups is 1. The molecular weight excluding hydrogens is 156 g/mol. The third kappa shape index (κ3) is 1.50.